The molecule has 0 N–H and O–H groups in total. The molecular formula is C12H17BrN2OS. The zero-order valence-corrected chi connectivity index (χ0v) is 12.6. The van der Waals surface area contributed by atoms with Crippen molar-refractivity contribution in [2.45, 2.75) is 13.0 Å². The molecule has 2 rings (SSSR count). The number of halogens is 1. The van der Waals surface area contributed by atoms with Crippen LogP contribution in [0.15, 0.2) is 15.9 Å². The number of Topliss-reactive ketones (excluding diaryl/α,β-unsaturated/α-hetero) is 1. The summed E-state index contributed by atoms with van der Waals surface area (Å²) in [7, 11) is 2.14. The Kier molecular flexibility index (Phi) is 4.36. The van der Waals surface area contributed by atoms with Gasteiger partial charge in [0, 0.05) is 30.1 Å². The van der Waals surface area contributed by atoms with Gasteiger partial charge in [-0.1, -0.05) is 0 Å². The Morgan fingerprint density at radius 3 is 2.94 bits per heavy atom. The number of hydrogen-bond donors (Lipinski definition) is 0. The van der Waals surface area contributed by atoms with Crippen LogP contribution in [0.2, 0.25) is 0 Å². The molecule has 3 nitrogen and oxygen atoms in total. The predicted octanol–water partition coefficient (Wildman–Crippen LogP) is 2.33. The van der Waals surface area contributed by atoms with Gasteiger partial charge in [0.15, 0.2) is 5.78 Å². The molecule has 0 spiro atoms. The van der Waals surface area contributed by atoms with E-state index >= 15 is 0 Å². The van der Waals surface area contributed by atoms with Crippen molar-refractivity contribution >= 4 is 33.0 Å². The lowest BCUT2D eigenvalue weighted by atomic mass is 10.2. The van der Waals surface area contributed by atoms with Crippen LogP contribution >= 0.6 is 27.3 Å². The topological polar surface area (TPSA) is 23.6 Å². The molecule has 1 unspecified atom stereocenters. The average Bonchev–Trinajstić information content (AvgIpc) is 2.70. The lowest BCUT2D eigenvalue weighted by Gasteiger charge is -2.37. The minimum absolute atomic E-state index is 0.226. The molecule has 94 valence electrons. The quantitative estimate of drug-likeness (QED) is 0.800. The largest absolute Gasteiger partial charge is 0.301 e. The fourth-order valence-electron chi connectivity index (χ4n) is 2.04. The smallest absolute Gasteiger partial charge is 0.187 e. The van der Waals surface area contributed by atoms with Gasteiger partial charge in [0.1, 0.15) is 0 Å². The summed E-state index contributed by atoms with van der Waals surface area (Å²) in [4.78, 5) is 17.5. The molecule has 1 aromatic rings. The fourth-order valence-corrected chi connectivity index (χ4v) is 3.56. The molecule has 0 bridgehead atoms. The molecule has 1 aliphatic heterocycles. The minimum atomic E-state index is 0.226. The highest BCUT2D eigenvalue weighted by Gasteiger charge is 2.23. The Hall–Kier alpha value is -0.230. The molecule has 0 aromatic carbocycles. The number of ketones is 1. The van der Waals surface area contributed by atoms with Crippen LogP contribution in [0.5, 0.6) is 0 Å². The summed E-state index contributed by atoms with van der Waals surface area (Å²) in [6, 6.07) is 2.47. The summed E-state index contributed by atoms with van der Waals surface area (Å²) in [6.45, 7) is 5.75. The van der Waals surface area contributed by atoms with Gasteiger partial charge in [-0.25, -0.2) is 0 Å². The number of hydrogen-bond acceptors (Lipinski definition) is 4. The number of rotatable bonds is 3. The number of nitrogens with zero attached hydrogens (tertiary/aromatic N) is 2. The van der Waals surface area contributed by atoms with Gasteiger partial charge in [-0.15, -0.1) is 11.3 Å². The van der Waals surface area contributed by atoms with Crippen molar-refractivity contribution in [3.8, 4) is 0 Å². The van der Waals surface area contributed by atoms with Crippen LogP contribution < -0.4 is 0 Å². The highest BCUT2D eigenvalue weighted by atomic mass is 79.9. The maximum Gasteiger partial charge on any atom is 0.187 e. The Bertz CT molecular complexity index is 407. The molecule has 1 atom stereocenters. The highest BCUT2D eigenvalue weighted by molar-refractivity contribution is 9.10. The van der Waals surface area contributed by atoms with Gasteiger partial charge in [0.2, 0.25) is 0 Å². The molecule has 1 aliphatic rings. The number of likely N-dealkylation sites (N-methyl/N-ethyl adjacent to an activating group) is 1. The standard InChI is InChI=1S/C12H17BrN2OS/c1-9-7-15(5-4-14(9)2)8-11(16)12-10(13)3-6-17-12/h3,6,9H,4-5,7-8H2,1-2H3. The summed E-state index contributed by atoms with van der Waals surface area (Å²) < 4.78 is 0.926. The van der Waals surface area contributed by atoms with Crippen molar-refractivity contribution in [2.75, 3.05) is 33.2 Å². The second-order valence-electron chi connectivity index (χ2n) is 4.59. The third-order valence-electron chi connectivity index (χ3n) is 3.28. The molecule has 0 saturated carbocycles. The molecule has 1 saturated heterocycles. The molecular weight excluding hydrogens is 300 g/mol. The molecule has 17 heavy (non-hydrogen) atoms. The molecule has 0 radical (unpaired) electrons. The van der Waals surface area contributed by atoms with Gasteiger partial charge in [-0.2, -0.15) is 0 Å². The summed E-state index contributed by atoms with van der Waals surface area (Å²) in [5.74, 6) is 0.226. The monoisotopic (exact) mass is 316 g/mol. The van der Waals surface area contributed by atoms with Gasteiger partial charge in [0.25, 0.3) is 0 Å². The number of thiophene rings is 1. The van der Waals surface area contributed by atoms with Crippen LogP contribution in [0.3, 0.4) is 0 Å². The predicted molar refractivity (Wildman–Crippen MR) is 74.9 cm³/mol. The Morgan fingerprint density at radius 1 is 1.59 bits per heavy atom. The molecule has 1 aromatic heterocycles. The van der Waals surface area contributed by atoms with E-state index in [1.54, 1.807) is 0 Å². The molecule has 2 heterocycles. The summed E-state index contributed by atoms with van der Waals surface area (Å²) in [5, 5.41) is 1.95. The lowest BCUT2D eigenvalue weighted by molar-refractivity contribution is 0.0788. The Balaban J connectivity index is 1.94. The van der Waals surface area contributed by atoms with Crippen LogP contribution in [-0.4, -0.2) is 54.9 Å². The zero-order valence-electron chi connectivity index (χ0n) is 10.1. The Morgan fingerprint density at radius 2 is 2.35 bits per heavy atom. The van der Waals surface area contributed by atoms with E-state index in [0.717, 1.165) is 29.0 Å². The third kappa shape index (κ3) is 3.16. The third-order valence-corrected chi connectivity index (χ3v) is 5.16. The van der Waals surface area contributed by atoms with Gasteiger partial charge >= 0.3 is 0 Å². The van der Waals surface area contributed by atoms with Crippen molar-refractivity contribution in [1.82, 2.24) is 9.80 Å². The Labute approximate surface area is 115 Å². The van der Waals surface area contributed by atoms with E-state index in [1.165, 1.54) is 11.3 Å². The van der Waals surface area contributed by atoms with E-state index in [9.17, 15) is 4.79 Å². The van der Waals surface area contributed by atoms with Gasteiger partial charge in [-0.05, 0) is 41.3 Å². The maximum atomic E-state index is 12.1. The zero-order chi connectivity index (χ0) is 12.4. The van der Waals surface area contributed by atoms with E-state index in [4.69, 9.17) is 0 Å². The second-order valence-corrected chi connectivity index (χ2v) is 6.36. The summed E-state index contributed by atoms with van der Waals surface area (Å²) in [6.07, 6.45) is 0. The van der Waals surface area contributed by atoms with Crippen LogP contribution in [0.1, 0.15) is 16.6 Å². The first-order chi connectivity index (χ1) is 8.08. The normalized spacial score (nSPS) is 22.9. The number of piperazine rings is 1. The average molecular weight is 317 g/mol. The van der Waals surface area contributed by atoms with Crippen molar-refractivity contribution in [1.29, 1.82) is 0 Å². The van der Waals surface area contributed by atoms with Crippen molar-refractivity contribution in [3.05, 3.63) is 20.8 Å². The molecule has 0 amide bonds. The van der Waals surface area contributed by atoms with Crippen LogP contribution in [-0.2, 0) is 0 Å². The maximum absolute atomic E-state index is 12.1. The first-order valence-electron chi connectivity index (χ1n) is 5.76. The highest BCUT2D eigenvalue weighted by Crippen LogP contribution is 2.23. The first-order valence-corrected chi connectivity index (χ1v) is 7.44. The van der Waals surface area contributed by atoms with E-state index in [2.05, 4.69) is 39.7 Å². The van der Waals surface area contributed by atoms with E-state index in [-0.39, 0.29) is 5.78 Å². The second kappa shape index (κ2) is 5.61. The number of carbonyl (C=O) groups excluding carboxylic acids is 1. The van der Waals surface area contributed by atoms with Crippen molar-refractivity contribution in [2.24, 2.45) is 0 Å². The van der Waals surface area contributed by atoms with Crippen LogP contribution in [0.25, 0.3) is 0 Å². The van der Waals surface area contributed by atoms with E-state index in [0.29, 0.717) is 12.6 Å². The number of carbonyl (C=O) groups is 1. The molecule has 1 fully saturated rings. The van der Waals surface area contributed by atoms with Crippen LogP contribution in [0, 0.1) is 0 Å². The summed E-state index contributed by atoms with van der Waals surface area (Å²) in [5.41, 5.74) is 0. The summed E-state index contributed by atoms with van der Waals surface area (Å²) >= 11 is 4.93. The molecule has 5 heteroatoms. The fraction of sp³-hybridized carbons (Fsp3) is 0.583. The van der Waals surface area contributed by atoms with Gasteiger partial charge in [0.05, 0.1) is 11.4 Å². The van der Waals surface area contributed by atoms with Gasteiger partial charge in [-0.3, -0.25) is 9.69 Å². The van der Waals surface area contributed by atoms with Crippen molar-refractivity contribution < 1.29 is 4.79 Å². The van der Waals surface area contributed by atoms with E-state index in [1.807, 2.05) is 11.4 Å². The van der Waals surface area contributed by atoms with Gasteiger partial charge < -0.3 is 4.90 Å². The molecule has 0 aliphatic carbocycles. The van der Waals surface area contributed by atoms with E-state index < -0.39 is 0 Å². The van der Waals surface area contributed by atoms with Crippen LogP contribution in [0.4, 0.5) is 0 Å². The van der Waals surface area contributed by atoms with Crippen molar-refractivity contribution in [3.63, 3.8) is 0 Å². The minimum Gasteiger partial charge on any atom is -0.301 e. The lowest BCUT2D eigenvalue weighted by Crippen LogP contribution is -2.51. The first kappa shape index (κ1) is 13.2. The SMILES string of the molecule is CC1CN(CC(=O)c2sccc2Br)CCN1C.